The van der Waals surface area contributed by atoms with Crippen LogP contribution < -0.4 is 0 Å². The average Bonchev–Trinajstić information content (AvgIpc) is 3.02. The first kappa shape index (κ1) is 17.9. The van der Waals surface area contributed by atoms with Gasteiger partial charge in [-0.15, -0.1) is 0 Å². The molecule has 3 aromatic rings. The van der Waals surface area contributed by atoms with Gasteiger partial charge in [0.15, 0.2) is 0 Å². The van der Waals surface area contributed by atoms with Crippen molar-refractivity contribution in [2.75, 3.05) is 6.61 Å². The predicted molar refractivity (Wildman–Crippen MR) is 103 cm³/mol. The molecule has 0 fully saturated rings. The van der Waals surface area contributed by atoms with Crippen LogP contribution in [0.2, 0.25) is 0 Å². The van der Waals surface area contributed by atoms with Crippen molar-refractivity contribution in [2.24, 2.45) is 5.92 Å². The maximum atomic E-state index is 12.8. The van der Waals surface area contributed by atoms with E-state index in [4.69, 9.17) is 9.84 Å². The molecule has 0 atom stereocenters. The molecule has 0 aliphatic heterocycles. The van der Waals surface area contributed by atoms with Gasteiger partial charge in [0.25, 0.3) is 0 Å². The highest BCUT2D eigenvalue weighted by atomic mass is 16.5. The molecule has 0 unspecified atom stereocenters. The van der Waals surface area contributed by atoms with E-state index in [9.17, 15) is 4.79 Å². The Labute approximate surface area is 154 Å². The second-order valence-corrected chi connectivity index (χ2v) is 6.60. The number of rotatable bonds is 6. The van der Waals surface area contributed by atoms with Crippen molar-refractivity contribution < 1.29 is 9.53 Å². The Hall–Kier alpha value is -2.88. The molecule has 4 nitrogen and oxygen atoms in total. The first-order valence-corrected chi connectivity index (χ1v) is 9.01. The summed E-state index contributed by atoms with van der Waals surface area (Å²) in [6, 6.07) is 19.7. The molecule has 0 amide bonds. The maximum absolute atomic E-state index is 12.8. The lowest BCUT2D eigenvalue weighted by Crippen LogP contribution is -2.12. The molecule has 0 N–H and O–H groups in total. The van der Waals surface area contributed by atoms with Crippen molar-refractivity contribution in [3.8, 4) is 16.9 Å². The van der Waals surface area contributed by atoms with Crippen LogP contribution in [0.5, 0.6) is 0 Å². The molecule has 0 aliphatic rings. The Morgan fingerprint density at radius 2 is 1.65 bits per heavy atom. The number of benzene rings is 2. The first-order chi connectivity index (χ1) is 12.6. The van der Waals surface area contributed by atoms with E-state index in [1.807, 2.05) is 72.3 Å². The van der Waals surface area contributed by atoms with E-state index >= 15 is 0 Å². The highest BCUT2D eigenvalue weighted by molar-refractivity contribution is 5.97. The highest BCUT2D eigenvalue weighted by Crippen LogP contribution is 2.30. The zero-order chi connectivity index (χ0) is 18.5. The molecular weight excluding hydrogens is 324 g/mol. The molecular formula is C22H24N2O2. The van der Waals surface area contributed by atoms with Gasteiger partial charge in [-0.2, -0.15) is 5.10 Å². The van der Waals surface area contributed by atoms with Crippen molar-refractivity contribution in [1.29, 1.82) is 0 Å². The molecule has 0 aliphatic carbocycles. The van der Waals surface area contributed by atoms with Crippen LogP contribution in [-0.2, 0) is 11.2 Å². The summed E-state index contributed by atoms with van der Waals surface area (Å²) in [4.78, 5) is 12.8. The largest absolute Gasteiger partial charge is 0.462 e. The smallest absolute Gasteiger partial charge is 0.342 e. The molecule has 0 bridgehead atoms. The molecule has 0 saturated carbocycles. The second kappa shape index (κ2) is 8.00. The molecule has 0 spiro atoms. The van der Waals surface area contributed by atoms with E-state index in [1.165, 1.54) is 0 Å². The summed E-state index contributed by atoms with van der Waals surface area (Å²) in [5, 5.41) is 4.82. The summed E-state index contributed by atoms with van der Waals surface area (Å²) >= 11 is 0. The third-order valence-corrected chi connectivity index (χ3v) is 4.11. The number of hydrogen-bond donors (Lipinski definition) is 0. The van der Waals surface area contributed by atoms with Crippen LogP contribution in [0.4, 0.5) is 0 Å². The standard InChI is InChI=1S/C22H24N2O2/c1-4-26-22(25)20-19(15-16(2)3)24(18-13-9-6-10-14-18)23-21(20)17-11-7-5-8-12-17/h5-14,16H,4,15H2,1-3H3. The lowest BCUT2D eigenvalue weighted by Gasteiger charge is -2.11. The number of esters is 1. The fourth-order valence-electron chi connectivity index (χ4n) is 3.03. The normalized spacial score (nSPS) is 10.9. The monoisotopic (exact) mass is 348 g/mol. The molecule has 0 radical (unpaired) electrons. The summed E-state index contributed by atoms with van der Waals surface area (Å²) in [6.45, 7) is 6.44. The van der Waals surface area contributed by atoms with Gasteiger partial charge in [-0.1, -0.05) is 62.4 Å². The van der Waals surface area contributed by atoms with Crippen molar-refractivity contribution in [3.63, 3.8) is 0 Å². The van der Waals surface area contributed by atoms with E-state index in [1.54, 1.807) is 0 Å². The summed E-state index contributed by atoms with van der Waals surface area (Å²) in [6.07, 6.45) is 0.739. The van der Waals surface area contributed by atoms with Gasteiger partial charge >= 0.3 is 5.97 Å². The Balaban J connectivity index is 2.26. The number of hydrogen-bond acceptors (Lipinski definition) is 3. The highest BCUT2D eigenvalue weighted by Gasteiger charge is 2.26. The van der Waals surface area contributed by atoms with Crippen molar-refractivity contribution in [1.82, 2.24) is 9.78 Å². The van der Waals surface area contributed by atoms with Crippen LogP contribution in [0.1, 0.15) is 36.8 Å². The van der Waals surface area contributed by atoms with Crippen LogP contribution in [0.15, 0.2) is 60.7 Å². The number of aromatic nitrogens is 2. The topological polar surface area (TPSA) is 44.1 Å². The third kappa shape index (κ3) is 3.69. The molecule has 3 rings (SSSR count). The Morgan fingerprint density at radius 1 is 1.04 bits per heavy atom. The summed E-state index contributed by atoms with van der Waals surface area (Å²) in [5.41, 5.74) is 3.98. The van der Waals surface area contributed by atoms with Crippen LogP contribution in [0, 0.1) is 5.92 Å². The summed E-state index contributed by atoms with van der Waals surface area (Å²) in [7, 11) is 0. The van der Waals surface area contributed by atoms with Crippen LogP contribution in [-0.4, -0.2) is 22.4 Å². The van der Waals surface area contributed by atoms with Gasteiger partial charge in [0.05, 0.1) is 18.0 Å². The molecule has 4 heteroatoms. The van der Waals surface area contributed by atoms with Crippen LogP contribution in [0.25, 0.3) is 16.9 Å². The zero-order valence-corrected chi connectivity index (χ0v) is 15.5. The Morgan fingerprint density at radius 3 is 2.23 bits per heavy atom. The van der Waals surface area contributed by atoms with E-state index in [-0.39, 0.29) is 5.97 Å². The van der Waals surface area contributed by atoms with Crippen LogP contribution in [0.3, 0.4) is 0 Å². The fourth-order valence-corrected chi connectivity index (χ4v) is 3.03. The Bertz CT molecular complexity index is 868. The van der Waals surface area contributed by atoms with Gasteiger partial charge in [-0.25, -0.2) is 9.48 Å². The number of carbonyl (C=O) groups excluding carboxylic acids is 1. The molecule has 134 valence electrons. The van der Waals surface area contributed by atoms with Crippen molar-refractivity contribution in [2.45, 2.75) is 27.2 Å². The van der Waals surface area contributed by atoms with Gasteiger partial charge in [0.1, 0.15) is 11.3 Å². The molecule has 26 heavy (non-hydrogen) atoms. The number of nitrogens with zero attached hydrogens (tertiary/aromatic N) is 2. The maximum Gasteiger partial charge on any atom is 0.342 e. The molecule has 0 saturated heterocycles. The van der Waals surface area contributed by atoms with Gasteiger partial charge < -0.3 is 4.74 Å². The van der Waals surface area contributed by atoms with E-state index in [0.717, 1.165) is 23.4 Å². The Kier molecular flexibility index (Phi) is 5.52. The first-order valence-electron chi connectivity index (χ1n) is 9.01. The lowest BCUT2D eigenvalue weighted by molar-refractivity contribution is 0.0525. The van der Waals surface area contributed by atoms with E-state index < -0.39 is 0 Å². The summed E-state index contributed by atoms with van der Waals surface area (Å²) < 4.78 is 7.25. The average molecular weight is 348 g/mol. The quantitative estimate of drug-likeness (QED) is 0.594. The molecule has 1 heterocycles. The minimum absolute atomic E-state index is 0.316. The number of para-hydroxylation sites is 1. The predicted octanol–water partition coefficient (Wildman–Crippen LogP) is 4.91. The number of carbonyl (C=O) groups is 1. The minimum Gasteiger partial charge on any atom is -0.462 e. The third-order valence-electron chi connectivity index (χ3n) is 4.11. The molecule has 1 aromatic heterocycles. The van der Waals surface area contributed by atoms with Gasteiger partial charge in [0.2, 0.25) is 0 Å². The van der Waals surface area contributed by atoms with Gasteiger partial charge in [-0.3, -0.25) is 0 Å². The van der Waals surface area contributed by atoms with E-state index in [0.29, 0.717) is 23.8 Å². The number of ether oxygens (including phenoxy) is 1. The molecule has 2 aromatic carbocycles. The van der Waals surface area contributed by atoms with Gasteiger partial charge in [-0.05, 0) is 31.4 Å². The van der Waals surface area contributed by atoms with Crippen molar-refractivity contribution in [3.05, 3.63) is 71.9 Å². The van der Waals surface area contributed by atoms with E-state index in [2.05, 4.69) is 13.8 Å². The zero-order valence-electron chi connectivity index (χ0n) is 15.5. The SMILES string of the molecule is CCOC(=O)c1c(-c2ccccc2)nn(-c2ccccc2)c1CC(C)C. The minimum atomic E-state index is -0.316. The van der Waals surface area contributed by atoms with Crippen LogP contribution >= 0.6 is 0 Å². The van der Waals surface area contributed by atoms with Gasteiger partial charge in [0, 0.05) is 5.56 Å². The summed E-state index contributed by atoms with van der Waals surface area (Å²) in [5.74, 6) is 0.0650. The van der Waals surface area contributed by atoms with Crippen molar-refractivity contribution >= 4 is 5.97 Å². The lowest BCUT2D eigenvalue weighted by atomic mass is 10.00. The fraction of sp³-hybridized carbons (Fsp3) is 0.273. The second-order valence-electron chi connectivity index (χ2n) is 6.60.